The molecule has 0 saturated carbocycles. The smallest absolute Gasteiger partial charge is 0.226 e. The van der Waals surface area contributed by atoms with Gasteiger partial charge in [0, 0.05) is 29.0 Å². The normalized spacial score (nSPS) is 11.5. The lowest BCUT2D eigenvalue weighted by molar-refractivity contribution is -0.116. The van der Waals surface area contributed by atoms with Crippen molar-refractivity contribution >= 4 is 23.2 Å². The van der Waals surface area contributed by atoms with Crippen molar-refractivity contribution in [3.8, 4) is 0 Å². The SMILES string of the molecule is Cc1ccc(Cl)cc1NC(=O)CCCc1nc(C(C)(C)C)no1. The number of rotatable bonds is 5. The number of carbonyl (C=O) groups excluding carboxylic acids is 1. The van der Waals surface area contributed by atoms with Gasteiger partial charge in [0.1, 0.15) is 0 Å². The molecule has 0 fully saturated rings. The molecule has 23 heavy (non-hydrogen) atoms. The summed E-state index contributed by atoms with van der Waals surface area (Å²) in [5.41, 5.74) is 1.59. The zero-order valence-electron chi connectivity index (χ0n) is 13.9. The van der Waals surface area contributed by atoms with Gasteiger partial charge in [-0.3, -0.25) is 4.79 Å². The van der Waals surface area contributed by atoms with Crippen molar-refractivity contribution in [3.63, 3.8) is 0 Å². The van der Waals surface area contributed by atoms with Crippen LogP contribution in [0.4, 0.5) is 5.69 Å². The molecule has 6 heteroatoms. The van der Waals surface area contributed by atoms with Crippen LogP contribution in [0.1, 0.15) is 50.9 Å². The van der Waals surface area contributed by atoms with Crippen LogP contribution in [0.3, 0.4) is 0 Å². The van der Waals surface area contributed by atoms with Crippen molar-refractivity contribution < 1.29 is 9.32 Å². The summed E-state index contributed by atoms with van der Waals surface area (Å²) in [5.74, 6) is 1.21. The third kappa shape index (κ3) is 5.06. The number of amides is 1. The number of anilines is 1. The highest BCUT2D eigenvalue weighted by molar-refractivity contribution is 6.31. The molecule has 0 atom stereocenters. The molecule has 0 aliphatic heterocycles. The molecule has 2 aromatic rings. The molecule has 0 saturated heterocycles. The Hall–Kier alpha value is -1.88. The fourth-order valence-electron chi connectivity index (χ4n) is 2.00. The van der Waals surface area contributed by atoms with Crippen molar-refractivity contribution in [1.29, 1.82) is 0 Å². The quantitative estimate of drug-likeness (QED) is 0.885. The zero-order chi connectivity index (χ0) is 17.0. The first-order chi connectivity index (χ1) is 10.8. The standard InChI is InChI=1S/C17H22ClN3O2/c1-11-8-9-12(18)10-13(11)19-14(22)6-5-7-15-20-16(21-23-15)17(2,3)4/h8-10H,5-7H2,1-4H3,(H,19,22). The minimum absolute atomic E-state index is 0.0501. The number of halogens is 1. The highest BCUT2D eigenvalue weighted by atomic mass is 35.5. The number of nitrogens with zero attached hydrogens (tertiary/aromatic N) is 2. The Morgan fingerprint density at radius 3 is 2.74 bits per heavy atom. The molecule has 1 aromatic carbocycles. The summed E-state index contributed by atoms with van der Waals surface area (Å²) in [7, 11) is 0. The second-order valence-corrected chi connectivity index (χ2v) is 7.06. The molecule has 0 unspecified atom stereocenters. The van der Waals surface area contributed by atoms with E-state index < -0.39 is 0 Å². The number of aryl methyl sites for hydroxylation is 2. The molecule has 0 aliphatic carbocycles. The summed E-state index contributed by atoms with van der Waals surface area (Å²) in [5, 5.41) is 7.45. The highest BCUT2D eigenvalue weighted by Crippen LogP contribution is 2.21. The molecule has 1 amide bonds. The Balaban J connectivity index is 1.83. The van der Waals surface area contributed by atoms with E-state index in [2.05, 4.69) is 15.5 Å². The van der Waals surface area contributed by atoms with Crippen molar-refractivity contribution in [1.82, 2.24) is 10.1 Å². The van der Waals surface area contributed by atoms with Crippen LogP contribution in [-0.2, 0) is 16.6 Å². The van der Waals surface area contributed by atoms with Crippen LogP contribution in [0.25, 0.3) is 0 Å². The highest BCUT2D eigenvalue weighted by Gasteiger charge is 2.20. The lowest BCUT2D eigenvalue weighted by Gasteiger charge is -2.10. The van der Waals surface area contributed by atoms with Crippen LogP contribution in [0.5, 0.6) is 0 Å². The molecular formula is C17H22ClN3O2. The average molecular weight is 336 g/mol. The third-order valence-electron chi connectivity index (χ3n) is 3.41. The van der Waals surface area contributed by atoms with Gasteiger partial charge in [-0.25, -0.2) is 0 Å². The Morgan fingerprint density at radius 1 is 1.35 bits per heavy atom. The first-order valence-corrected chi connectivity index (χ1v) is 8.02. The fraction of sp³-hybridized carbons (Fsp3) is 0.471. The molecule has 124 valence electrons. The first kappa shape index (κ1) is 17.5. The van der Waals surface area contributed by atoms with Crippen molar-refractivity contribution in [2.45, 2.75) is 52.4 Å². The van der Waals surface area contributed by atoms with E-state index in [9.17, 15) is 4.79 Å². The monoisotopic (exact) mass is 335 g/mol. The predicted octanol–water partition coefficient (Wildman–Crippen LogP) is 4.29. The lowest BCUT2D eigenvalue weighted by Crippen LogP contribution is -2.13. The topological polar surface area (TPSA) is 68.0 Å². The number of hydrogen-bond acceptors (Lipinski definition) is 4. The van der Waals surface area contributed by atoms with Crippen LogP contribution in [0.2, 0.25) is 5.02 Å². The Labute approximate surface area is 141 Å². The lowest BCUT2D eigenvalue weighted by atomic mass is 9.96. The molecule has 0 aliphatic rings. The fourth-order valence-corrected chi connectivity index (χ4v) is 2.17. The number of benzene rings is 1. The molecule has 1 N–H and O–H groups in total. The van der Waals surface area contributed by atoms with E-state index in [1.807, 2.05) is 33.8 Å². The van der Waals surface area contributed by atoms with Crippen LogP contribution in [-0.4, -0.2) is 16.0 Å². The minimum atomic E-state index is -0.136. The van der Waals surface area contributed by atoms with Crippen LogP contribution in [0, 0.1) is 6.92 Å². The van der Waals surface area contributed by atoms with Gasteiger partial charge >= 0.3 is 0 Å². The predicted molar refractivity (Wildman–Crippen MR) is 90.8 cm³/mol. The van der Waals surface area contributed by atoms with E-state index >= 15 is 0 Å². The number of aromatic nitrogens is 2. The maximum atomic E-state index is 12.0. The van der Waals surface area contributed by atoms with Gasteiger partial charge in [0.2, 0.25) is 11.8 Å². The van der Waals surface area contributed by atoms with Gasteiger partial charge in [0.15, 0.2) is 5.82 Å². The summed E-state index contributed by atoms with van der Waals surface area (Å²) in [6.07, 6.45) is 1.63. The van der Waals surface area contributed by atoms with E-state index in [-0.39, 0.29) is 11.3 Å². The van der Waals surface area contributed by atoms with Crippen molar-refractivity contribution in [2.75, 3.05) is 5.32 Å². The van der Waals surface area contributed by atoms with Gasteiger partial charge in [0.05, 0.1) is 0 Å². The summed E-state index contributed by atoms with van der Waals surface area (Å²) in [6.45, 7) is 8.02. The number of hydrogen-bond donors (Lipinski definition) is 1. The second kappa shape index (κ2) is 7.13. The van der Waals surface area contributed by atoms with Crippen LogP contribution >= 0.6 is 11.6 Å². The van der Waals surface area contributed by atoms with Gasteiger partial charge in [-0.2, -0.15) is 4.98 Å². The third-order valence-corrected chi connectivity index (χ3v) is 3.64. The van der Waals surface area contributed by atoms with Crippen molar-refractivity contribution in [2.24, 2.45) is 0 Å². The van der Waals surface area contributed by atoms with E-state index in [4.69, 9.17) is 16.1 Å². The van der Waals surface area contributed by atoms with Crippen molar-refractivity contribution in [3.05, 3.63) is 40.5 Å². The molecule has 1 heterocycles. The van der Waals surface area contributed by atoms with E-state index in [0.29, 0.717) is 36.0 Å². The molecule has 0 spiro atoms. The summed E-state index contributed by atoms with van der Waals surface area (Å²) in [4.78, 5) is 16.4. The summed E-state index contributed by atoms with van der Waals surface area (Å²) < 4.78 is 5.22. The Kier molecular flexibility index (Phi) is 5.42. The number of nitrogens with one attached hydrogen (secondary N) is 1. The second-order valence-electron chi connectivity index (χ2n) is 6.62. The molecule has 2 rings (SSSR count). The maximum Gasteiger partial charge on any atom is 0.226 e. The van der Waals surface area contributed by atoms with Gasteiger partial charge in [-0.1, -0.05) is 43.6 Å². The zero-order valence-corrected chi connectivity index (χ0v) is 14.7. The Bertz CT molecular complexity index is 689. The van der Waals surface area contributed by atoms with E-state index in [1.54, 1.807) is 12.1 Å². The van der Waals surface area contributed by atoms with Gasteiger partial charge < -0.3 is 9.84 Å². The molecule has 5 nitrogen and oxygen atoms in total. The van der Waals surface area contributed by atoms with Crippen LogP contribution in [0.15, 0.2) is 22.7 Å². The summed E-state index contributed by atoms with van der Waals surface area (Å²) in [6, 6.07) is 5.43. The average Bonchev–Trinajstić information content (AvgIpc) is 2.92. The molecule has 1 aromatic heterocycles. The maximum absolute atomic E-state index is 12.0. The number of carbonyl (C=O) groups is 1. The largest absolute Gasteiger partial charge is 0.339 e. The van der Waals surface area contributed by atoms with Crippen LogP contribution < -0.4 is 5.32 Å². The van der Waals surface area contributed by atoms with E-state index in [0.717, 1.165) is 11.3 Å². The minimum Gasteiger partial charge on any atom is -0.339 e. The molecule has 0 bridgehead atoms. The Morgan fingerprint density at radius 2 is 2.09 bits per heavy atom. The van der Waals surface area contributed by atoms with Gasteiger partial charge in [-0.05, 0) is 31.0 Å². The molecule has 0 radical (unpaired) electrons. The van der Waals surface area contributed by atoms with Gasteiger partial charge in [0.25, 0.3) is 0 Å². The summed E-state index contributed by atoms with van der Waals surface area (Å²) >= 11 is 5.94. The van der Waals surface area contributed by atoms with Gasteiger partial charge in [-0.15, -0.1) is 0 Å². The first-order valence-electron chi connectivity index (χ1n) is 7.65. The van der Waals surface area contributed by atoms with E-state index in [1.165, 1.54) is 0 Å². The molecular weight excluding hydrogens is 314 g/mol.